The number of para-hydroxylation sites is 1. The number of nitrogens with zero attached hydrogens (tertiary/aromatic N) is 2. The maximum Gasteiger partial charge on any atom is 0.210 e. The zero-order valence-corrected chi connectivity index (χ0v) is 17.5. The minimum atomic E-state index is -3.47. The highest BCUT2D eigenvalue weighted by molar-refractivity contribution is 7.98. The molecule has 1 fully saturated rings. The van der Waals surface area contributed by atoms with Crippen molar-refractivity contribution in [3.05, 3.63) is 42.5 Å². The normalized spacial score (nSPS) is 21.6. The average Bonchev–Trinajstić information content (AvgIpc) is 2.69. The van der Waals surface area contributed by atoms with Crippen molar-refractivity contribution in [2.24, 2.45) is 0 Å². The van der Waals surface area contributed by atoms with Crippen LogP contribution in [0.2, 0.25) is 0 Å². The fourth-order valence-corrected chi connectivity index (χ4v) is 6.32. The fraction of sp³-hybridized carbons (Fsp3) is 0.429. The van der Waals surface area contributed by atoms with Gasteiger partial charge in [-0.25, -0.2) is 8.42 Å². The van der Waals surface area contributed by atoms with Crippen molar-refractivity contribution in [1.29, 1.82) is 0 Å². The molecule has 1 unspecified atom stereocenters. The molecule has 2 heterocycles. The quantitative estimate of drug-likeness (QED) is 0.701. The molecule has 0 N–H and O–H groups in total. The minimum Gasteiger partial charge on any atom is -0.339 e. The van der Waals surface area contributed by atoms with Crippen molar-refractivity contribution in [1.82, 2.24) is 4.90 Å². The summed E-state index contributed by atoms with van der Waals surface area (Å²) in [5.41, 5.74) is 1.63. The molecule has 0 aliphatic carbocycles. The monoisotopic (exact) mass is 402 g/mol. The van der Waals surface area contributed by atoms with Gasteiger partial charge in [0.1, 0.15) is 0 Å². The zero-order valence-electron chi connectivity index (χ0n) is 15.9. The van der Waals surface area contributed by atoms with Crippen molar-refractivity contribution < 1.29 is 8.42 Å². The van der Waals surface area contributed by atoms with Gasteiger partial charge in [-0.15, -0.1) is 11.8 Å². The van der Waals surface area contributed by atoms with E-state index in [1.165, 1.54) is 19.3 Å². The van der Waals surface area contributed by atoms with Crippen LogP contribution in [0.1, 0.15) is 25.7 Å². The van der Waals surface area contributed by atoms with Crippen LogP contribution in [0.25, 0.3) is 0 Å². The highest BCUT2D eigenvalue weighted by atomic mass is 32.2. The third kappa shape index (κ3) is 3.39. The number of thioether (sulfide) groups is 1. The van der Waals surface area contributed by atoms with E-state index in [2.05, 4.69) is 16.8 Å². The van der Waals surface area contributed by atoms with Gasteiger partial charge in [0.05, 0.1) is 21.2 Å². The SMILES string of the molecule is CSc1ccc2c(c1)N(CCC1CCCCN1C)c1ccccc1S2(=O)=O. The number of hydrogen-bond donors (Lipinski definition) is 0. The van der Waals surface area contributed by atoms with E-state index in [0.29, 0.717) is 15.8 Å². The molecule has 1 atom stereocenters. The Hall–Kier alpha value is -1.50. The van der Waals surface area contributed by atoms with Gasteiger partial charge >= 0.3 is 0 Å². The van der Waals surface area contributed by atoms with Crippen molar-refractivity contribution >= 4 is 33.0 Å². The number of anilines is 2. The third-order valence-electron chi connectivity index (χ3n) is 5.80. The van der Waals surface area contributed by atoms with Crippen LogP contribution in [0.15, 0.2) is 57.2 Å². The summed E-state index contributed by atoms with van der Waals surface area (Å²) >= 11 is 1.64. The molecule has 2 aromatic rings. The topological polar surface area (TPSA) is 40.6 Å². The molecule has 2 aliphatic rings. The molecular weight excluding hydrogens is 376 g/mol. The van der Waals surface area contributed by atoms with Crippen LogP contribution in [0, 0.1) is 0 Å². The molecule has 4 rings (SSSR count). The molecule has 1 saturated heterocycles. The molecule has 0 spiro atoms. The number of likely N-dealkylation sites (tertiary alicyclic amines) is 1. The van der Waals surface area contributed by atoms with Crippen LogP contribution in [0.5, 0.6) is 0 Å². The van der Waals surface area contributed by atoms with Crippen LogP contribution in [-0.2, 0) is 9.84 Å². The van der Waals surface area contributed by atoms with E-state index in [4.69, 9.17) is 0 Å². The predicted molar refractivity (Wildman–Crippen MR) is 112 cm³/mol. The number of fused-ring (bicyclic) bond motifs is 2. The summed E-state index contributed by atoms with van der Waals surface area (Å²) in [4.78, 5) is 6.61. The minimum absolute atomic E-state index is 0.423. The summed E-state index contributed by atoms with van der Waals surface area (Å²) in [6, 6.07) is 13.7. The van der Waals surface area contributed by atoms with Gasteiger partial charge in [-0.1, -0.05) is 18.6 Å². The van der Waals surface area contributed by atoms with Gasteiger partial charge in [-0.3, -0.25) is 0 Å². The molecule has 0 radical (unpaired) electrons. The predicted octanol–water partition coefficient (Wildman–Crippen LogP) is 4.57. The first kappa shape index (κ1) is 18.8. The molecule has 27 heavy (non-hydrogen) atoms. The first-order valence-corrected chi connectivity index (χ1v) is 12.2. The molecule has 0 amide bonds. The Morgan fingerprint density at radius 2 is 1.85 bits per heavy atom. The molecule has 4 nitrogen and oxygen atoms in total. The smallest absolute Gasteiger partial charge is 0.210 e. The lowest BCUT2D eigenvalue weighted by molar-refractivity contribution is 0.178. The number of sulfone groups is 1. The van der Waals surface area contributed by atoms with Crippen LogP contribution in [-0.4, -0.2) is 45.8 Å². The van der Waals surface area contributed by atoms with Gasteiger partial charge in [0.25, 0.3) is 0 Å². The lowest BCUT2D eigenvalue weighted by atomic mass is 9.99. The number of hydrogen-bond acceptors (Lipinski definition) is 5. The summed E-state index contributed by atoms with van der Waals surface area (Å²) in [5.74, 6) is 0. The summed E-state index contributed by atoms with van der Waals surface area (Å²) in [6.45, 7) is 1.98. The Bertz CT molecular complexity index is 943. The molecule has 0 aromatic heterocycles. The van der Waals surface area contributed by atoms with Crippen molar-refractivity contribution in [3.8, 4) is 0 Å². The van der Waals surface area contributed by atoms with Crippen LogP contribution in [0.4, 0.5) is 11.4 Å². The number of rotatable bonds is 4. The first-order valence-electron chi connectivity index (χ1n) is 9.52. The molecule has 2 aliphatic heterocycles. The lowest BCUT2D eigenvalue weighted by Crippen LogP contribution is -2.39. The van der Waals surface area contributed by atoms with Gasteiger partial charge in [-0.2, -0.15) is 0 Å². The van der Waals surface area contributed by atoms with Gasteiger partial charge in [0, 0.05) is 17.5 Å². The van der Waals surface area contributed by atoms with E-state index in [1.54, 1.807) is 23.9 Å². The first-order chi connectivity index (χ1) is 13.0. The Labute approximate surface area is 166 Å². The van der Waals surface area contributed by atoms with Gasteiger partial charge in [0.2, 0.25) is 9.84 Å². The number of benzene rings is 2. The second-order valence-electron chi connectivity index (χ2n) is 7.38. The molecule has 6 heteroatoms. The maximum atomic E-state index is 13.2. The second kappa shape index (κ2) is 7.49. The standard InChI is InChI=1S/C21H26N2O2S2/c1-22-13-6-5-7-16(22)12-14-23-18-8-3-4-9-20(18)27(24,25)21-11-10-17(26-2)15-19(21)23/h3-4,8-11,15-16H,5-7,12-14H2,1-2H3. The van der Waals surface area contributed by atoms with Crippen molar-refractivity contribution in [2.45, 2.75) is 46.4 Å². The van der Waals surface area contributed by atoms with Crippen LogP contribution >= 0.6 is 11.8 Å². The number of piperidine rings is 1. The lowest BCUT2D eigenvalue weighted by Gasteiger charge is -2.37. The molecular formula is C21H26N2O2S2. The van der Waals surface area contributed by atoms with E-state index in [-0.39, 0.29) is 0 Å². The van der Waals surface area contributed by atoms with Crippen molar-refractivity contribution in [3.63, 3.8) is 0 Å². The Balaban J connectivity index is 1.74. The Kier molecular flexibility index (Phi) is 5.23. The van der Waals surface area contributed by atoms with Gasteiger partial charge in [-0.05, 0) is 69.4 Å². The third-order valence-corrected chi connectivity index (χ3v) is 8.37. The highest BCUT2D eigenvalue weighted by Gasteiger charge is 2.34. The highest BCUT2D eigenvalue weighted by Crippen LogP contribution is 2.45. The van der Waals surface area contributed by atoms with E-state index in [1.807, 2.05) is 36.6 Å². The summed E-state index contributed by atoms with van der Waals surface area (Å²) < 4.78 is 26.3. The van der Waals surface area contributed by atoms with E-state index < -0.39 is 9.84 Å². The van der Waals surface area contributed by atoms with E-state index in [9.17, 15) is 8.42 Å². The fourth-order valence-electron chi connectivity index (χ4n) is 4.25. The molecule has 2 aromatic carbocycles. The molecule has 144 valence electrons. The van der Waals surface area contributed by atoms with E-state index in [0.717, 1.165) is 35.8 Å². The Morgan fingerprint density at radius 3 is 2.63 bits per heavy atom. The molecule has 0 bridgehead atoms. The maximum absolute atomic E-state index is 13.2. The van der Waals surface area contributed by atoms with Crippen LogP contribution < -0.4 is 4.90 Å². The second-order valence-corrected chi connectivity index (χ2v) is 10.1. The average molecular weight is 403 g/mol. The Morgan fingerprint density at radius 1 is 1.07 bits per heavy atom. The van der Waals surface area contributed by atoms with Crippen LogP contribution in [0.3, 0.4) is 0 Å². The summed E-state index contributed by atoms with van der Waals surface area (Å²) in [7, 11) is -1.27. The largest absolute Gasteiger partial charge is 0.339 e. The molecule has 0 saturated carbocycles. The van der Waals surface area contributed by atoms with Gasteiger partial charge in [0.15, 0.2) is 0 Å². The zero-order chi connectivity index (χ0) is 19.0. The van der Waals surface area contributed by atoms with Gasteiger partial charge < -0.3 is 9.80 Å². The van der Waals surface area contributed by atoms with E-state index >= 15 is 0 Å². The summed E-state index contributed by atoms with van der Waals surface area (Å²) in [6.07, 6.45) is 6.84. The van der Waals surface area contributed by atoms with Crippen molar-refractivity contribution in [2.75, 3.05) is 31.3 Å². The summed E-state index contributed by atoms with van der Waals surface area (Å²) in [5, 5.41) is 0.